The van der Waals surface area contributed by atoms with Gasteiger partial charge in [0, 0.05) is 13.0 Å². The number of aromatic carboxylic acids is 1. The number of nitrogens with one attached hydrogen (secondary N) is 1. The second-order valence-corrected chi connectivity index (χ2v) is 4.80. The molecule has 112 valence electrons. The van der Waals surface area contributed by atoms with Gasteiger partial charge in [0.25, 0.3) is 0 Å². The van der Waals surface area contributed by atoms with Gasteiger partial charge in [-0.05, 0) is 25.5 Å². The Labute approximate surface area is 122 Å². The molecule has 0 spiro atoms. The van der Waals surface area contributed by atoms with Crippen molar-refractivity contribution >= 4 is 22.9 Å². The first-order chi connectivity index (χ1) is 10.1. The number of carbonyl (C=O) groups is 2. The van der Waals surface area contributed by atoms with E-state index in [4.69, 9.17) is 0 Å². The summed E-state index contributed by atoms with van der Waals surface area (Å²) in [6.45, 7) is 4.50. The van der Waals surface area contributed by atoms with Crippen molar-refractivity contribution in [3.63, 3.8) is 0 Å². The maximum Gasteiger partial charge on any atom is 0.337 e. The van der Waals surface area contributed by atoms with Gasteiger partial charge in [0.2, 0.25) is 5.91 Å². The van der Waals surface area contributed by atoms with Crippen molar-refractivity contribution in [2.75, 3.05) is 6.54 Å². The molecule has 21 heavy (non-hydrogen) atoms. The summed E-state index contributed by atoms with van der Waals surface area (Å²) in [7, 11) is 0. The van der Waals surface area contributed by atoms with E-state index in [-0.39, 0.29) is 18.0 Å². The van der Waals surface area contributed by atoms with Gasteiger partial charge in [0.15, 0.2) is 0 Å². The molecule has 6 heteroatoms. The number of imidazole rings is 1. The molecule has 2 rings (SSSR count). The van der Waals surface area contributed by atoms with E-state index in [0.29, 0.717) is 24.0 Å². The second kappa shape index (κ2) is 6.39. The van der Waals surface area contributed by atoms with Crippen LogP contribution in [0.3, 0.4) is 0 Å². The van der Waals surface area contributed by atoms with E-state index < -0.39 is 5.97 Å². The number of hydrogen-bond donors (Lipinski definition) is 2. The molecule has 0 aliphatic heterocycles. The van der Waals surface area contributed by atoms with Crippen LogP contribution in [0.25, 0.3) is 11.0 Å². The Kier molecular flexibility index (Phi) is 4.57. The minimum Gasteiger partial charge on any atom is -0.478 e. The molecule has 0 atom stereocenters. The Bertz CT molecular complexity index is 676. The van der Waals surface area contributed by atoms with Crippen LogP contribution in [-0.4, -0.2) is 33.1 Å². The normalized spacial score (nSPS) is 10.8. The first-order valence-corrected chi connectivity index (χ1v) is 7.06. The lowest BCUT2D eigenvalue weighted by Crippen LogP contribution is -2.28. The molecule has 0 saturated carbocycles. The Hall–Kier alpha value is -2.37. The van der Waals surface area contributed by atoms with Crippen molar-refractivity contribution in [1.29, 1.82) is 0 Å². The summed E-state index contributed by atoms with van der Waals surface area (Å²) in [6.07, 6.45) is 1.58. The van der Waals surface area contributed by atoms with Crippen LogP contribution in [-0.2, 0) is 17.8 Å². The topological polar surface area (TPSA) is 84.2 Å². The van der Waals surface area contributed by atoms with E-state index in [9.17, 15) is 14.7 Å². The molecule has 1 aromatic heterocycles. The van der Waals surface area contributed by atoms with E-state index in [2.05, 4.69) is 10.3 Å². The minimum absolute atomic E-state index is 0.0873. The molecule has 1 amide bonds. The van der Waals surface area contributed by atoms with Crippen LogP contribution in [0.15, 0.2) is 18.2 Å². The minimum atomic E-state index is -1.01. The number of aryl methyl sites for hydroxylation is 1. The van der Waals surface area contributed by atoms with Crippen LogP contribution >= 0.6 is 0 Å². The van der Waals surface area contributed by atoms with Crippen molar-refractivity contribution in [3.8, 4) is 0 Å². The standard InChI is InChI=1S/C15H19N3O3/c1-3-6-12-17-11-8-5-7-10(15(20)21)14(11)18(12)9-13(19)16-4-2/h5,7-8H,3-4,6,9H2,1-2H3,(H,16,19)(H,20,21). The number of benzene rings is 1. The highest BCUT2D eigenvalue weighted by molar-refractivity contribution is 6.01. The first-order valence-electron chi connectivity index (χ1n) is 7.06. The summed E-state index contributed by atoms with van der Waals surface area (Å²) < 4.78 is 1.72. The highest BCUT2D eigenvalue weighted by atomic mass is 16.4. The Morgan fingerprint density at radius 3 is 2.71 bits per heavy atom. The van der Waals surface area contributed by atoms with Crippen LogP contribution in [0, 0.1) is 0 Å². The lowest BCUT2D eigenvalue weighted by Gasteiger charge is -2.10. The largest absolute Gasteiger partial charge is 0.478 e. The zero-order valence-corrected chi connectivity index (χ0v) is 12.2. The number of aromatic nitrogens is 2. The fourth-order valence-electron chi connectivity index (χ4n) is 2.39. The van der Waals surface area contributed by atoms with Gasteiger partial charge in [0.1, 0.15) is 12.4 Å². The van der Waals surface area contributed by atoms with Crippen LogP contribution in [0.1, 0.15) is 36.5 Å². The van der Waals surface area contributed by atoms with Gasteiger partial charge < -0.3 is 15.0 Å². The molecule has 0 bridgehead atoms. The van der Waals surface area contributed by atoms with Gasteiger partial charge in [0.05, 0.1) is 16.6 Å². The maximum atomic E-state index is 11.9. The molecule has 2 N–H and O–H groups in total. The molecule has 1 heterocycles. The van der Waals surface area contributed by atoms with Crippen molar-refractivity contribution in [2.45, 2.75) is 33.2 Å². The van der Waals surface area contributed by atoms with Crippen LogP contribution in [0.4, 0.5) is 0 Å². The molecular formula is C15H19N3O3. The van der Waals surface area contributed by atoms with Crippen molar-refractivity contribution in [1.82, 2.24) is 14.9 Å². The molecule has 0 aliphatic rings. The second-order valence-electron chi connectivity index (χ2n) is 4.80. The third-order valence-electron chi connectivity index (χ3n) is 3.23. The van der Waals surface area contributed by atoms with Crippen LogP contribution in [0.5, 0.6) is 0 Å². The third kappa shape index (κ3) is 3.04. The van der Waals surface area contributed by atoms with E-state index >= 15 is 0 Å². The number of hydrogen-bond acceptors (Lipinski definition) is 3. The SMILES string of the molecule is CCCc1nc2cccc(C(=O)O)c2n1CC(=O)NCC. The lowest BCUT2D eigenvalue weighted by molar-refractivity contribution is -0.121. The third-order valence-corrected chi connectivity index (χ3v) is 3.23. The monoisotopic (exact) mass is 289 g/mol. The summed E-state index contributed by atoms with van der Waals surface area (Å²) in [4.78, 5) is 27.8. The molecule has 2 aromatic rings. The van der Waals surface area contributed by atoms with Crippen molar-refractivity contribution < 1.29 is 14.7 Å². The number of nitrogens with zero attached hydrogens (tertiary/aromatic N) is 2. The van der Waals surface area contributed by atoms with Gasteiger partial charge in [-0.2, -0.15) is 0 Å². The van der Waals surface area contributed by atoms with E-state index in [1.54, 1.807) is 16.7 Å². The molecule has 6 nitrogen and oxygen atoms in total. The fraction of sp³-hybridized carbons (Fsp3) is 0.400. The summed E-state index contributed by atoms with van der Waals surface area (Å²) in [5.41, 5.74) is 1.30. The highest BCUT2D eigenvalue weighted by Gasteiger charge is 2.18. The Morgan fingerprint density at radius 1 is 1.33 bits per heavy atom. The maximum absolute atomic E-state index is 11.9. The average molecular weight is 289 g/mol. The van der Waals surface area contributed by atoms with E-state index in [1.807, 2.05) is 13.8 Å². The Balaban J connectivity index is 2.59. The van der Waals surface area contributed by atoms with E-state index in [0.717, 1.165) is 12.2 Å². The summed E-state index contributed by atoms with van der Waals surface area (Å²) in [6, 6.07) is 4.98. The predicted octanol–water partition coefficient (Wildman–Crippen LogP) is 1.82. The van der Waals surface area contributed by atoms with Crippen LogP contribution < -0.4 is 5.32 Å². The molecular weight excluding hydrogens is 270 g/mol. The number of para-hydroxylation sites is 1. The first kappa shape index (κ1) is 15.0. The number of carbonyl (C=O) groups excluding carboxylic acids is 1. The fourth-order valence-corrected chi connectivity index (χ4v) is 2.39. The van der Waals surface area contributed by atoms with Gasteiger partial charge in [-0.15, -0.1) is 0 Å². The number of amides is 1. The molecule has 1 aromatic carbocycles. The zero-order chi connectivity index (χ0) is 15.4. The number of carboxylic acid groups (broad SMARTS) is 1. The van der Waals surface area contributed by atoms with Gasteiger partial charge >= 0.3 is 5.97 Å². The smallest absolute Gasteiger partial charge is 0.337 e. The summed E-state index contributed by atoms with van der Waals surface area (Å²) in [5.74, 6) is -0.414. The molecule has 0 unspecified atom stereocenters. The van der Waals surface area contributed by atoms with Gasteiger partial charge in [-0.25, -0.2) is 9.78 Å². The molecule has 0 radical (unpaired) electrons. The predicted molar refractivity (Wildman–Crippen MR) is 79.4 cm³/mol. The number of fused-ring (bicyclic) bond motifs is 1. The number of rotatable bonds is 6. The Morgan fingerprint density at radius 2 is 2.10 bits per heavy atom. The molecule has 0 saturated heterocycles. The van der Waals surface area contributed by atoms with Crippen molar-refractivity contribution in [2.24, 2.45) is 0 Å². The summed E-state index contributed by atoms with van der Waals surface area (Å²) in [5, 5.41) is 12.1. The lowest BCUT2D eigenvalue weighted by atomic mass is 10.2. The quantitative estimate of drug-likeness (QED) is 0.849. The zero-order valence-electron chi connectivity index (χ0n) is 12.2. The van der Waals surface area contributed by atoms with Crippen LogP contribution in [0.2, 0.25) is 0 Å². The van der Waals surface area contributed by atoms with Gasteiger partial charge in [-0.3, -0.25) is 4.79 Å². The number of likely N-dealkylation sites (N-methyl/N-ethyl adjacent to an activating group) is 1. The molecule has 0 aliphatic carbocycles. The van der Waals surface area contributed by atoms with E-state index in [1.165, 1.54) is 6.07 Å². The molecule has 0 fully saturated rings. The van der Waals surface area contributed by atoms with Crippen molar-refractivity contribution in [3.05, 3.63) is 29.6 Å². The van der Waals surface area contributed by atoms with Gasteiger partial charge in [-0.1, -0.05) is 13.0 Å². The average Bonchev–Trinajstić information content (AvgIpc) is 2.77. The number of carboxylic acids is 1. The summed E-state index contributed by atoms with van der Waals surface area (Å²) >= 11 is 0. The highest BCUT2D eigenvalue weighted by Crippen LogP contribution is 2.21.